The second kappa shape index (κ2) is 3.48. The van der Waals surface area contributed by atoms with Crippen molar-refractivity contribution in [1.29, 1.82) is 0 Å². The van der Waals surface area contributed by atoms with Gasteiger partial charge in [-0.05, 0) is 23.8 Å². The molecule has 1 aliphatic rings. The predicted octanol–water partition coefficient (Wildman–Crippen LogP) is 2.27. The number of halogens is 1. The number of rotatable bonds is 0. The Morgan fingerprint density at radius 1 is 1.35 bits per heavy atom. The zero-order valence-corrected chi connectivity index (χ0v) is 9.06. The maximum Gasteiger partial charge on any atom is 0.407 e. The molecule has 0 saturated carbocycles. The molecule has 1 aromatic heterocycles. The van der Waals surface area contributed by atoms with Crippen LogP contribution in [0.15, 0.2) is 24.4 Å². The molecule has 1 amide bonds. The Morgan fingerprint density at radius 3 is 2.94 bits per heavy atom. The number of carbonyl (C=O) groups is 1. The fraction of sp³-hybridized carbons (Fsp3) is 0.250. The van der Waals surface area contributed by atoms with Crippen LogP contribution in [0.4, 0.5) is 9.18 Å². The van der Waals surface area contributed by atoms with E-state index in [1.807, 2.05) is 16.8 Å². The first kappa shape index (κ1) is 10.1. The second-order valence-corrected chi connectivity index (χ2v) is 4.22. The van der Waals surface area contributed by atoms with Crippen LogP contribution in [-0.2, 0) is 13.1 Å². The summed E-state index contributed by atoms with van der Waals surface area (Å²) in [6.07, 6.45) is 0.909. The van der Waals surface area contributed by atoms with Gasteiger partial charge in [-0.2, -0.15) is 0 Å². The van der Waals surface area contributed by atoms with Gasteiger partial charge in [0.15, 0.2) is 0 Å². The topological polar surface area (TPSA) is 45.5 Å². The van der Waals surface area contributed by atoms with E-state index in [2.05, 4.69) is 0 Å². The summed E-state index contributed by atoms with van der Waals surface area (Å²) in [5.41, 5.74) is 1.67. The number of hydrogen-bond acceptors (Lipinski definition) is 1. The largest absolute Gasteiger partial charge is 0.465 e. The van der Waals surface area contributed by atoms with Gasteiger partial charge in [-0.1, -0.05) is 0 Å². The van der Waals surface area contributed by atoms with Crippen molar-refractivity contribution >= 4 is 17.0 Å². The fourth-order valence-electron chi connectivity index (χ4n) is 2.38. The third-order valence-corrected chi connectivity index (χ3v) is 3.15. The SMILES string of the molecule is O=C(O)N1CCn2ccc3cc(F)cc(c32)C1. The van der Waals surface area contributed by atoms with Crippen LogP contribution in [0.3, 0.4) is 0 Å². The van der Waals surface area contributed by atoms with Crippen molar-refractivity contribution in [2.75, 3.05) is 6.54 Å². The van der Waals surface area contributed by atoms with Gasteiger partial charge in [0.25, 0.3) is 0 Å². The second-order valence-electron chi connectivity index (χ2n) is 4.22. The molecule has 2 heterocycles. The van der Waals surface area contributed by atoms with E-state index in [1.165, 1.54) is 17.0 Å². The molecule has 2 aromatic rings. The average Bonchev–Trinajstić information content (AvgIpc) is 2.55. The van der Waals surface area contributed by atoms with Gasteiger partial charge in [-0.25, -0.2) is 9.18 Å². The minimum Gasteiger partial charge on any atom is -0.465 e. The van der Waals surface area contributed by atoms with E-state index in [4.69, 9.17) is 5.11 Å². The minimum absolute atomic E-state index is 0.244. The zero-order chi connectivity index (χ0) is 12.0. The van der Waals surface area contributed by atoms with E-state index in [0.717, 1.165) is 16.5 Å². The Morgan fingerprint density at radius 2 is 2.18 bits per heavy atom. The van der Waals surface area contributed by atoms with Crippen molar-refractivity contribution in [2.24, 2.45) is 0 Å². The molecular weight excluding hydrogens is 223 g/mol. The quantitative estimate of drug-likeness (QED) is 0.760. The molecule has 1 aliphatic heterocycles. The highest BCUT2D eigenvalue weighted by Gasteiger charge is 2.20. The molecule has 0 saturated heterocycles. The minimum atomic E-state index is -0.965. The predicted molar refractivity (Wildman–Crippen MR) is 60.3 cm³/mol. The molecule has 1 N–H and O–H groups in total. The van der Waals surface area contributed by atoms with Crippen LogP contribution in [0.25, 0.3) is 10.9 Å². The van der Waals surface area contributed by atoms with Gasteiger partial charge in [0, 0.05) is 24.7 Å². The van der Waals surface area contributed by atoms with Crippen molar-refractivity contribution in [3.05, 3.63) is 35.8 Å². The summed E-state index contributed by atoms with van der Waals surface area (Å²) < 4.78 is 15.4. The lowest BCUT2D eigenvalue weighted by atomic mass is 10.1. The molecule has 4 nitrogen and oxygen atoms in total. The molecule has 1 aromatic carbocycles. The van der Waals surface area contributed by atoms with Crippen molar-refractivity contribution in [3.63, 3.8) is 0 Å². The molecule has 0 radical (unpaired) electrons. The van der Waals surface area contributed by atoms with E-state index in [-0.39, 0.29) is 12.4 Å². The molecule has 0 atom stereocenters. The highest BCUT2D eigenvalue weighted by molar-refractivity contribution is 5.84. The number of nitrogens with zero attached hydrogens (tertiary/aromatic N) is 2. The van der Waals surface area contributed by atoms with Crippen LogP contribution in [-0.4, -0.2) is 27.2 Å². The van der Waals surface area contributed by atoms with Gasteiger partial charge in [0.05, 0.1) is 12.1 Å². The molecule has 0 unspecified atom stereocenters. The summed E-state index contributed by atoms with van der Waals surface area (Å²) in [7, 11) is 0. The first-order chi connectivity index (χ1) is 8.15. The van der Waals surface area contributed by atoms with Crippen molar-refractivity contribution in [2.45, 2.75) is 13.1 Å². The van der Waals surface area contributed by atoms with Crippen LogP contribution in [0.2, 0.25) is 0 Å². The lowest BCUT2D eigenvalue weighted by Gasteiger charge is -2.16. The number of aromatic nitrogens is 1. The third-order valence-electron chi connectivity index (χ3n) is 3.15. The van der Waals surface area contributed by atoms with E-state index in [9.17, 15) is 9.18 Å². The smallest absolute Gasteiger partial charge is 0.407 e. The maximum atomic E-state index is 13.4. The Kier molecular flexibility index (Phi) is 2.07. The molecule has 3 rings (SSSR count). The van der Waals surface area contributed by atoms with Crippen LogP contribution < -0.4 is 0 Å². The summed E-state index contributed by atoms with van der Waals surface area (Å²) in [5, 5.41) is 9.85. The first-order valence-electron chi connectivity index (χ1n) is 5.40. The van der Waals surface area contributed by atoms with Gasteiger partial charge >= 0.3 is 6.09 Å². The first-order valence-corrected chi connectivity index (χ1v) is 5.40. The Bertz CT molecular complexity index is 606. The average molecular weight is 234 g/mol. The number of carboxylic acid groups (broad SMARTS) is 1. The molecule has 17 heavy (non-hydrogen) atoms. The third kappa shape index (κ3) is 1.54. The normalized spacial score (nSPS) is 15.0. The van der Waals surface area contributed by atoms with Crippen LogP contribution >= 0.6 is 0 Å². The van der Waals surface area contributed by atoms with E-state index < -0.39 is 6.09 Å². The van der Waals surface area contributed by atoms with Crippen LogP contribution in [0, 0.1) is 5.82 Å². The highest BCUT2D eigenvalue weighted by atomic mass is 19.1. The summed E-state index contributed by atoms with van der Waals surface area (Å²) >= 11 is 0. The molecular formula is C12H11FN2O2. The summed E-state index contributed by atoms with van der Waals surface area (Å²) in [5.74, 6) is -0.322. The van der Waals surface area contributed by atoms with E-state index in [1.54, 1.807) is 0 Å². The van der Waals surface area contributed by atoms with Crippen LogP contribution in [0.1, 0.15) is 5.56 Å². The number of amides is 1. The van der Waals surface area contributed by atoms with Crippen LogP contribution in [0.5, 0.6) is 0 Å². The van der Waals surface area contributed by atoms with Gasteiger partial charge in [-0.3, -0.25) is 0 Å². The van der Waals surface area contributed by atoms with E-state index in [0.29, 0.717) is 13.1 Å². The van der Waals surface area contributed by atoms with Gasteiger partial charge < -0.3 is 14.6 Å². The van der Waals surface area contributed by atoms with Crippen molar-refractivity contribution in [3.8, 4) is 0 Å². The molecule has 0 aliphatic carbocycles. The van der Waals surface area contributed by atoms with Gasteiger partial charge in [0.1, 0.15) is 5.82 Å². The molecule has 88 valence electrons. The molecule has 0 fully saturated rings. The molecule has 0 bridgehead atoms. The Labute approximate surface area is 96.9 Å². The lowest BCUT2D eigenvalue weighted by Crippen LogP contribution is -2.30. The van der Waals surface area contributed by atoms with Gasteiger partial charge in [-0.15, -0.1) is 0 Å². The molecule has 5 heteroatoms. The Hall–Kier alpha value is -2.04. The highest BCUT2D eigenvalue weighted by Crippen LogP contribution is 2.25. The van der Waals surface area contributed by atoms with Crippen molar-refractivity contribution in [1.82, 2.24) is 9.47 Å². The number of hydrogen-bond donors (Lipinski definition) is 1. The Balaban J connectivity index is 2.19. The van der Waals surface area contributed by atoms with E-state index >= 15 is 0 Å². The fourth-order valence-corrected chi connectivity index (χ4v) is 2.38. The zero-order valence-electron chi connectivity index (χ0n) is 9.06. The standard InChI is InChI=1S/C12H11FN2O2/c13-10-5-8-1-2-14-3-4-15(12(16)17)7-9(6-10)11(8)14/h1-2,5-6H,3-4,7H2,(H,16,17). The lowest BCUT2D eigenvalue weighted by molar-refractivity contribution is 0.142. The van der Waals surface area contributed by atoms with Crippen molar-refractivity contribution < 1.29 is 14.3 Å². The maximum absolute atomic E-state index is 13.4. The molecule has 0 spiro atoms. The summed E-state index contributed by atoms with van der Waals surface area (Å²) in [6, 6.07) is 4.75. The monoisotopic (exact) mass is 234 g/mol. The summed E-state index contributed by atoms with van der Waals surface area (Å²) in [4.78, 5) is 12.3. The summed E-state index contributed by atoms with van der Waals surface area (Å²) in [6.45, 7) is 1.28. The van der Waals surface area contributed by atoms with Gasteiger partial charge in [0.2, 0.25) is 0 Å². The number of benzene rings is 1.